The van der Waals surface area contributed by atoms with Gasteiger partial charge in [0.1, 0.15) is 5.84 Å². The third-order valence-corrected chi connectivity index (χ3v) is 10.7. The highest BCUT2D eigenvalue weighted by atomic mass is 15.0. The zero-order valence-corrected chi connectivity index (χ0v) is 30.0. The number of aliphatic imine (C=N–C) groups is 1. The number of hydrogen-bond acceptors (Lipinski definition) is 1. The van der Waals surface area contributed by atoms with Crippen LogP contribution in [0.4, 0.5) is 0 Å². The molecule has 0 fully saturated rings. The number of nitrogens with one attached hydrogen (secondary N) is 1. The maximum Gasteiger partial charge on any atom is 0.129 e. The summed E-state index contributed by atoms with van der Waals surface area (Å²) >= 11 is 0. The van der Waals surface area contributed by atoms with Crippen LogP contribution in [0.3, 0.4) is 0 Å². The van der Waals surface area contributed by atoms with Gasteiger partial charge in [0.2, 0.25) is 0 Å². The van der Waals surface area contributed by atoms with Gasteiger partial charge in [-0.25, -0.2) is 0 Å². The number of benzene rings is 9. The van der Waals surface area contributed by atoms with Crippen molar-refractivity contribution in [2.24, 2.45) is 4.99 Å². The molecule has 9 rings (SSSR count). The van der Waals surface area contributed by atoms with E-state index in [1.807, 2.05) is 6.07 Å². The van der Waals surface area contributed by atoms with E-state index in [2.05, 4.69) is 201 Å². The van der Waals surface area contributed by atoms with Crippen molar-refractivity contribution >= 4 is 48.9 Å². The van der Waals surface area contributed by atoms with E-state index in [9.17, 15) is 0 Å². The predicted octanol–water partition coefficient (Wildman–Crippen LogP) is 13.5. The van der Waals surface area contributed by atoms with Crippen LogP contribution in [0, 0.1) is 0 Å². The first kappa shape index (κ1) is 32.4. The largest absolute Gasteiger partial charge is 0.363 e. The van der Waals surface area contributed by atoms with Gasteiger partial charge in [0.25, 0.3) is 0 Å². The Hall–Kier alpha value is -6.51. The SMILES string of the molecule is CC(N=C(NC(C)c1ccc(-c2c(-c3ccc4c5ccccc5c5ccccc5c4c3)ccc3ccccc23)cc1)c1ccccc1)c1ccccc1. The molecular formula is C51H40N2. The fourth-order valence-corrected chi connectivity index (χ4v) is 7.92. The van der Waals surface area contributed by atoms with E-state index in [-0.39, 0.29) is 12.1 Å². The minimum absolute atomic E-state index is 0.0186. The van der Waals surface area contributed by atoms with E-state index >= 15 is 0 Å². The first-order chi connectivity index (χ1) is 26.1. The first-order valence-corrected chi connectivity index (χ1v) is 18.5. The summed E-state index contributed by atoms with van der Waals surface area (Å²) in [6.07, 6.45) is 0. The van der Waals surface area contributed by atoms with Gasteiger partial charge in [0, 0.05) is 11.6 Å². The molecule has 0 radical (unpaired) electrons. The van der Waals surface area contributed by atoms with Crippen LogP contribution in [0.15, 0.2) is 193 Å². The standard InChI is InChI=1S/C51H40N2/c1-34(36-15-5-3-6-16-36)52-51(40-18-7-4-8-19-40)53-35(2)37-25-27-39(28-26-37)50-42-20-10-9-17-38(42)29-31-43(50)41-30-32-48-46-23-12-11-21-44(46)45-22-13-14-24-47(45)49(48)33-41/h3-35H,1-2H3,(H,52,53). The second kappa shape index (κ2) is 13.9. The number of rotatable bonds is 7. The molecule has 1 N–H and O–H groups in total. The molecule has 9 aromatic carbocycles. The molecule has 0 heterocycles. The topological polar surface area (TPSA) is 24.4 Å². The van der Waals surface area contributed by atoms with Crippen LogP contribution < -0.4 is 5.32 Å². The average Bonchev–Trinajstić information content (AvgIpc) is 3.23. The molecule has 53 heavy (non-hydrogen) atoms. The minimum atomic E-state index is 0.0186. The van der Waals surface area contributed by atoms with Crippen molar-refractivity contribution in [2.45, 2.75) is 25.9 Å². The summed E-state index contributed by atoms with van der Waals surface area (Å²) < 4.78 is 0. The van der Waals surface area contributed by atoms with Gasteiger partial charge in [-0.2, -0.15) is 0 Å². The summed E-state index contributed by atoms with van der Waals surface area (Å²) in [7, 11) is 0. The summed E-state index contributed by atoms with van der Waals surface area (Å²) in [5.74, 6) is 0.895. The highest BCUT2D eigenvalue weighted by molar-refractivity contribution is 6.26. The van der Waals surface area contributed by atoms with Crippen LogP contribution in [-0.2, 0) is 0 Å². The number of hydrogen-bond donors (Lipinski definition) is 1. The molecule has 2 nitrogen and oxygen atoms in total. The molecular weight excluding hydrogens is 641 g/mol. The zero-order chi connectivity index (χ0) is 35.7. The Morgan fingerprint density at radius 1 is 0.434 bits per heavy atom. The summed E-state index contributed by atoms with van der Waals surface area (Å²) in [6, 6.07) is 68.0. The molecule has 0 amide bonds. The van der Waals surface area contributed by atoms with Gasteiger partial charge in [0.05, 0.1) is 6.04 Å². The molecule has 0 saturated carbocycles. The van der Waals surface area contributed by atoms with E-state index < -0.39 is 0 Å². The van der Waals surface area contributed by atoms with Crippen LogP contribution in [0.25, 0.3) is 65.3 Å². The van der Waals surface area contributed by atoms with Crippen LogP contribution in [0.5, 0.6) is 0 Å². The van der Waals surface area contributed by atoms with E-state index in [1.165, 1.54) is 76.5 Å². The van der Waals surface area contributed by atoms with Crippen molar-refractivity contribution in [2.75, 3.05) is 0 Å². The molecule has 0 aromatic heterocycles. The van der Waals surface area contributed by atoms with E-state index in [4.69, 9.17) is 4.99 Å². The predicted molar refractivity (Wildman–Crippen MR) is 227 cm³/mol. The molecule has 0 bridgehead atoms. The molecule has 0 aliphatic heterocycles. The van der Waals surface area contributed by atoms with Crippen LogP contribution in [0.1, 0.15) is 42.6 Å². The van der Waals surface area contributed by atoms with Crippen molar-refractivity contribution in [1.82, 2.24) is 5.32 Å². The van der Waals surface area contributed by atoms with E-state index in [1.54, 1.807) is 0 Å². The smallest absolute Gasteiger partial charge is 0.129 e. The molecule has 0 aliphatic carbocycles. The molecule has 0 saturated heterocycles. The van der Waals surface area contributed by atoms with Gasteiger partial charge < -0.3 is 5.32 Å². The summed E-state index contributed by atoms with van der Waals surface area (Å²) in [5.41, 5.74) is 8.38. The van der Waals surface area contributed by atoms with Crippen molar-refractivity contribution in [3.8, 4) is 22.3 Å². The third-order valence-electron chi connectivity index (χ3n) is 10.7. The third kappa shape index (κ3) is 6.13. The fraction of sp³-hybridized carbons (Fsp3) is 0.0784. The molecule has 2 heteroatoms. The lowest BCUT2D eigenvalue weighted by molar-refractivity contribution is 0.703. The monoisotopic (exact) mass is 680 g/mol. The van der Waals surface area contributed by atoms with Gasteiger partial charge in [-0.15, -0.1) is 0 Å². The average molecular weight is 681 g/mol. The highest BCUT2D eigenvalue weighted by Gasteiger charge is 2.17. The maximum atomic E-state index is 5.19. The summed E-state index contributed by atoms with van der Waals surface area (Å²) in [4.78, 5) is 5.19. The zero-order valence-electron chi connectivity index (χ0n) is 30.0. The van der Waals surface area contributed by atoms with Gasteiger partial charge in [-0.1, -0.05) is 182 Å². The number of nitrogens with zero attached hydrogens (tertiary/aromatic N) is 1. The number of amidine groups is 1. The molecule has 9 aromatic rings. The first-order valence-electron chi connectivity index (χ1n) is 18.5. The quantitative estimate of drug-likeness (QED) is 0.101. The van der Waals surface area contributed by atoms with E-state index in [0.717, 1.165) is 11.4 Å². The van der Waals surface area contributed by atoms with Gasteiger partial charge in [-0.3, -0.25) is 4.99 Å². The normalized spacial score (nSPS) is 13.1. The molecule has 0 aliphatic rings. The minimum Gasteiger partial charge on any atom is -0.363 e. The Kier molecular flexibility index (Phi) is 8.50. The van der Waals surface area contributed by atoms with Crippen LogP contribution in [-0.4, -0.2) is 5.84 Å². The summed E-state index contributed by atoms with van der Waals surface area (Å²) in [5, 5.41) is 14.0. The van der Waals surface area contributed by atoms with Crippen molar-refractivity contribution < 1.29 is 0 Å². The number of fused-ring (bicyclic) bond motifs is 7. The maximum absolute atomic E-state index is 5.19. The van der Waals surface area contributed by atoms with Gasteiger partial charge in [-0.05, 0) is 96.4 Å². The van der Waals surface area contributed by atoms with Crippen molar-refractivity contribution in [1.29, 1.82) is 0 Å². The Balaban J connectivity index is 1.11. The molecule has 2 atom stereocenters. The molecule has 2 unspecified atom stereocenters. The van der Waals surface area contributed by atoms with Crippen LogP contribution in [0.2, 0.25) is 0 Å². The molecule has 254 valence electrons. The van der Waals surface area contributed by atoms with Gasteiger partial charge in [0.15, 0.2) is 0 Å². The Morgan fingerprint density at radius 3 is 1.62 bits per heavy atom. The Labute approximate surface area is 311 Å². The van der Waals surface area contributed by atoms with Crippen molar-refractivity contribution in [3.63, 3.8) is 0 Å². The van der Waals surface area contributed by atoms with Gasteiger partial charge >= 0.3 is 0 Å². The lowest BCUT2D eigenvalue weighted by atomic mass is 9.87. The molecule has 0 spiro atoms. The van der Waals surface area contributed by atoms with Crippen molar-refractivity contribution in [3.05, 3.63) is 205 Å². The lowest BCUT2D eigenvalue weighted by Gasteiger charge is -2.20. The second-order valence-corrected chi connectivity index (χ2v) is 14.0. The van der Waals surface area contributed by atoms with E-state index in [0.29, 0.717) is 0 Å². The lowest BCUT2D eigenvalue weighted by Crippen LogP contribution is -2.28. The van der Waals surface area contributed by atoms with Crippen LogP contribution >= 0.6 is 0 Å². The summed E-state index contributed by atoms with van der Waals surface area (Å²) in [6.45, 7) is 4.37. The fourth-order valence-electron chi connectivity index (χ4n) is 7.92. The Bertz CT molecular complexity index is 2730. The Morgan fingerprint density at radius 2 is 0.962 bits per heavy atom. The second-order valence-electron chi connectivity index (χ2n) is 14.0. The highest BCUT2D eigenvalue weighted by Crippen LogP contribution is 2.42.